The molecule has 0 aliphatic rings. The normalized spacial score (nSPS) is 12.1. The molecule has 0 aromatic heterocycles. The van der Waals surface area contributed by atoms with E-state index in [2.05, 4.69) is 0 Å². The molecule has 0 bridgehead atoms. The molecule has 0 amide bonds. The minimum absolute atomic E-state index is 0.101. The van der Waals surface area contributed by atoms with E-state index < -0.39 is 0 Å². The monoisotopic (exact) mass is 324 g/mol. The van der Waals surface area contributed by atoms with E-state index in [1.54, 1.807) is 17.8 Å². The molecule has 0 saturated carbocycles. The fourth-order valence-electron chi connectivity index (χ4n) is 1.80. The maximum Gasteiger partial charge on any atom is 0.0990 e. The highest BCUT2D eigenvalue weighted by Crippen LogP contribution is 2.31. The molecule has 0 spiro atoms. The molecule has 2 nitrogen and oxygen atoms in total. The van der Waals surface area contributed by atoms with Gasteiger partial charge in [-0.25, -0.2) is 0 Å². The second-order valence-corrected chi connectivity index (χ2v) is 6.21. The summed E-state index contributed by atoms with van der Waals surface area (Å²) in [5.74, 6) is 0.761. The number of hydrogen-bond acceptors (Lipinski definition) is 2. The zero-order valence-corrected chi connectivity index (χ0v) is 13.0. The van der Waals surface area contributed by atoms with E-state index in [-0.39, 0.29) is 11.8 Å². The third-order valence-electron chi connectivity index (χ3n) is 2.89. The minimum Gasteiger partial charge on any atom is -0.387 e. The average Bonchev–Trinajstić information content (AvgIpc) is 2.44. The van der Waals surface area contributed by atoms with Gasteiger partial charge in [-0.3, -0.25) is 5.41 Å². The summed E-state index contributed by atoms with van der Waals surface area (Å²) in [7, 11) is 0. The predicted octanol–water partition coefficient (Wildman–Crippen LogP) is 4.81. The third-order valence-corrected chi connectivity index (χ3v) is 4.71. The molecule has 0 heterocycles. The number of nitrogens with two attached hydrogens (primary N) is 1. The van der Waals surface area contributed by atoms with Gasteiger partial charge in [0.2, 0.25) is 0 Å². The van der Waals surface area contributed by atoms with Gasteiger partial charge in [0.05, 0.1) is 21.8 Å². The van der Waals surface area contributed by atoms with E-state index >= 15 is 0 Å². The molecule has 1 unspecified atom stereocenters. The summed E-state index contributed by atoms with van der Waals surface area (Å²) in [5, 5.41) is 8.83. The molecule has 5 heteroatoms. The van der Waals surface area contributed by atoms with Crippen LogP contribution < -0.4 is 5.73 Å². The number of rotatable bonds is 5. The highest BCUT2D eigenvalue weighted by Gasteiger charge is 2.15. The van der Waals surface area contributed by atoms with Gasteiger partial charge in [0.25, 0.3) is 0 Å². The lowest BCUT2D eigenvalue weighted by molar-refractivity contribution is 1.01. The van der Waals surface area contributed by atoms with Crippen molar-refractivity contribution in [3.63, 3.8) is 0 Å². The summed E-state index contributed by atoms with van der Waals surface area (Å²) >= 11 is 13.5. The fraction of sp³-hybridized carbons (Fsp3) is 0.133. The van der Waals surface area contributed by atoms with Crippen molar-refractivity contribution in [1.29, 1.82) is 5.41 Å². The van der Waals surface area contributed by atoms with Crippen LogP contribution in [-0.4, -0.2) is 11.6 Å². The Morgan fingerprint density at radius 2 is 1.80 bits per heavy atom. The van der Waals surface area contributed by atoms with E-state index in [4.69, 9.17) is 34.3 Å². The molecule has 20 heavy (non-hydrogen) atoms. The molecule has 0 fully saturated rings. The van der Waals surface area contributed by atoms with Gasteiger partial charge >= 0.3 is 0 Å². The molecular weight excluding hydrogens is 311 g/mol. The van der Waals surface area contributed by atoms with Crippen LogP contribution in [0.1, 0.15) is 11.5 Å². The number of amidine groups is 1. The van der Waals surface area contributed by atoms with Crippen LogP contribution in [-0.2, 0) is 0 Å². The first kappa shape index (κ1) is 15.2. The van der Waals surface area contributed by atoms with Crippen LogP contribution in [0.25, 0.3) is 0 Å². The molecule has 3 N–H and O–H groups in total. The third kappa shape index (κ3) is 3.92. The van der Waals surface area contributed by atoms with E-state index in [1.165, 1.54) is 0 Å². The Kier molecular flexibility index (Phi) is 5.35. The number of thioether (sulfide) groups is 1. The number of hydrogen-bond donors (Lipinski definition) is 2. The van der Waals surface area contributed by atoms with E-state index in [1.807, 2.05) is 42.5 Å². The summed E-state index contributed by atoms with van der Waals surface area (Å²) in [6.45, 7) is 0. The van der Waals surface area contributed by atoms with E-state index in [9.17, 15) is 0 Å². The Hall–Kier alpha value is -1.16. The molecule has 2 rings (SSSR count). The van der Waals surface area contributed by atoms with Gasteiger partial charge in [0.15, 0.2) is 0 Å². The smallest absolute Gasteiger partial charge is 0.0990 e. The zero-order chi connectivity index (χ0) is 14.5. The van der Waals surface area contributed by atoms with Crippen LogP contribution >= 0.6 is 35.0 Å². The van der Waals surface area contributed by atoms with Crippen molar-refractivity contribution in [2.24, 2.45) is 5.73 Å². The SMILES string of the molecule is N=C(N)C(CSc1ccc(Cl)c(Cl)c1)c1ccccc1. The van der Waals surface area contributed by atoms with Crippen molar-refractivity contribution in [2.75, 3.05) is 5.75 Å². The topological polar surface area (TPSA) is 49.9 Å². The number of halogens is 2. The summed E-state index contributed by atoms with van der Waals surface area (Å²) < 4.78 is 0. The molecule has 0 radical (unpaired) electrons. The molecule has 104 valence electrons. The van der Waals surface area contributed by atoms with E-state index in [0.717, 1.165) is 10.5 Å². The van der Waals surface area contributed by atoms with Crippen molar-refractivity contribution in [3.05, 3.63) is 64.1 Å². The molecule has 2 aromatic carbocycles. The maximum atomic E-state index is 7.75. The van der Waals surface area contributed by atoms with Gasteiger partial charge in [0.1, 0.15) is 0 Å². The van der Waals surface area contributed by atoms with E-state index in [0.29, 0.717) is 15.8 Å². The summed E-state index contributed by atoms with van der Waals surface area (Å²) in [4.78, 5) is 1.02. The lowest BCUT2D eigenvalue weighted by Crippen LogP contribution is -2.22. The Bertz CT molecular complexity index is 602. The maximum absolute atomic E-state index is 7.75. The van der Waals surface area contributed by atoms with Crippen LogP contribution in [0.4, 0.5) is 0 Å². The second-order valence-electron chi connectivity index (χ2n) is 4.31. The standard InChI is InChI=1S/C15H14Cl2N2S/c16-13-7-6-11(8-14(13)17)20-9-12(15(18)19)10-4-2-1-3-5-10/h1-8,12H,9H2,(H3,18,19). The Labute approximate surface area is 132 Å². The van der Waals surface area contributed by atoms with Crippen LogP contribution in [0.3, 0.4) is 0 Å². The lowest BCUT2D eigenvalue weighted by atomic mass is 10.0. The second kappa shape index (κ2) is 7.02. The van der Waals surface area contributed by atoms with Gasteiger partial charge in [-0.05, 0) is 23.8 Å². The van der Waals surface area contributed by atoms with Crippen LogP contribution in [0.5, 0.6) is 0 Å². The van der Waals surface area contributed by atoms with Gasteiger partial charge in [-0.15, -0.1) is 11.8 Å². The van der Waals surface area contributed by atoms with Gasteiger partial charge in [0, 0.05) is 10.6 Å². The van der Waals surface area contributed by atoms with Gasteiger partial charge in [-0.2, -0.15) is 0 Å². The summed E-state index contributed by atoms with van der Waals surface area (Å²) in [6, 6.07) is 15.4. The van der Waals surface area contributed by atoms with Crippen molar-refractivity contribution in [3.8, 4) is 0 Å². The summed E-state index contributed by atoms with van der Waals surface area (Å²) in [6.07, 6.45) is 0. The lowest BCUT2D eigenvalue weighted by Gasteiger charge is -2.15. The molecule has 1 atom stereocenters. The number of benzene rings is 2. The molecule has 2 aromatic rings. The Morgan fingerprint density at radius 1 is 1.10 bits per heavy atom. The van der Waals surface area contributed by atoms with Crippen LogP contribution in [0.15, 0.2) is 53.4 Å². The van der Waals surface area contributed by atoms with Gasteiger partial charge < -0.3 is 5.73 Å². The fourth-order valence-corrected chi connectivity index (χ4v) is 3.26. The highest BCUT2D eigenvalue weighted by atomic mass is 35.5. The van der Waals surface area contributed by atoms with Crippen molar-refractivity contribution in [2.45, 2.75) is 10.8 Å². The van der Waals surface area contributed by atoms with Crippen LogP contribution in [0, 0.1) is 5.41 Å². The largest absolute Gasteiger partial charge is 0.387 e. The Morgan fingerprint density at radius 3 is 2.40 bits per heavy atom. The predicted molar refractivity (Wildman–Crippen MR) is 88.3 cm³/mol. The van der Waals surface area contributed by atoms with Crippen molar-refractivity contribution in [1.82, 2.24) is 0 Å². The highest BCUT2D eigenvalue weighted by molar-refractivity contribution is 7.99. The van der Waals surface area contributed by atoms with Crippen molar-refractivity contribution >= 4 is 40.8 Å². The molecule has 0 saturated heterocycles. The minimum atomic E-state index is -0.101. The van der Waals surface area contributed by atoms with Crippen LogP contribution in [0.2, 0.25) is 10.0 Å². The van der Waals surface area contributed by atoms with Crippen molar-refractivity contribution < 1.29 is 0 Å². The first-order chi connectivity index (χ1) is 9.58. The average molecular weight is 325 g/mol. The van der Waals surface area contributed by atoms with Gasteiger partial charge in [-0.1, -0.05) is 53.5 Å². The first-order valence-corrected chi connectivity index (χ1v) is 7.79. The molecule has 0 aliphatic heterocycles. The first-order valence-electron chi connectivity index (χ1n) is 6.04. The number of nitrogens with one attached hydrogen (secondary N) is 1. The quantitative estimate of drug-likeness (QED) is 0.471. The molecule has 0 aliphatic carbocycles. The Balaban J connectivity index is 2.10. The zero-order valence-electron chi connectivity index (χ0n) is 10.6. The summed E-state index contributed by atoms with van der Waals surface area (Å²) in [5.41, 5.74) is 6.76. The molecular formula is C15H14Cl2N2S.